The predicted molar refractivity (Wildman–Crippen MR) is 103 cm³/mol. The summed E-state index contributed by atoms with van der Waals surface area (Å²) in [6.07, 6.45) is 0.933. The standard InChI is InChI=1S/C20H29N3O/c1-20(2,3)22-13-7-12-21-19(24)15-23(4)18-11-10-16-8-5-6-9-17(16)14-18/h5-6,8-11,14,22H,7,12-13,15H2,1-4H3,(H,21,24). The minimum atomic E-state index is 0.0569. The molecule has 24 heavy (non-hydrogen) atoms. The lowest BCUT2D eigenvalue weighted by molar-refractivity contribution is -0.119. The fourth-order valence-electron chi connectivity index (χ4n) is 2.56. The third-order valence-electron chi connectivity index (χ3n) is 3.89. The van der Waals surface area contributed by atoms with Crippen molar-refractivity contribution in [3.63, 3.8) is 0 Å². The lowest BCUT2D eigenvalue weighted by Crippen LogP contribution is -2.39. The van der Waals surface area contributed by atoms with Crippen molar-refractivity contribution in [1.82, 2.24) is 10.6 Å². The Morgan fingerprint density at radius 3 is 2.46 bits per heavy atom. The molecule has 2 aromatic carbocycles. The van der Waals surface area contributed by atoms with Crippen LogP contribution in [0, 0.1) is 0 Å². The molecule has 0 aliphatic rings. The molecule has 4 nitrogen and oxygen atoms in total. The number of carbonyl (C=O) groups excluding carboxylic acids is 1. The highest BCUT2D eigenvalue weighted by Crippen LogP contribution is 2.21. The number of nitrogens with one attached hydrogen (secondary N) is 2. The van der Waals surface area contributed by atoms with E-state index in [0.717, 1.165) is 18.7 Å². The van der Waals surface area contributed by atoms with E-state index >= 15 is 0 Å². The molecule has 2 aromatic rings. The van der Waals surface area contributed by atoms with Gasteiger partial charge in [-0.2, -0.15) is 0 Å². The van der Waals surface area contributed by atoms with Crippen molar-refractivity contribution in [2.24, 2.45) is 0 Å². The van der Waals surface area contributed by atoms with Crippen LogP contribution in [0.25, 0.3) is 10.8 Å². The van der Waals surface area contributed by atoms with Crippen molar-refractivity contribution in [3.8, 4) is 0 Å². The van der Waals surface area contributed by atoms with E-state index in [2.05, 4.69) is 61.7 Å². The molecule has 0 unspecified atom stereocenters. The maximum absolute atomic E-state index is 12.1. The molecule has 0 aromatic heterocycles. The van der Waals surface area contributed by atoms with Crippen LogP contribution >= 0.6 is 0 Å². The van der Waals surface area contributed by atoms with E-state index in [0.29, 0.717) is 13.1 Å². The SMILES string of the molecule is CN(CC(=O)NCCCNC(C)(C)C)c1ccc2ccccc2c1. The van der Waals surface area contributed by atoms with Crippen LogP contribution in [0.2, 0.25) is 0 Å². The van der Waals surface area contributed by atoms with Crippen molar-refractivity contribution in [3.05, 3.63) is 42.5 Å². The number of benzene rings is 2. The summed E-state index contributed by atoms with van der Waals surface area (Å²) in [6, 6.07) is 14.5. The van der Waals surface area contributed by atoms with E-state index in [9.17, 15) is 4.79 Å². The highest BCUT2D eigenvalue weighted by molar-refractivity contribution is 5.87. The number of rotatable bonds is 7. The van der Waals surface area contributed by atoms with Crippen LogP contribution in [0.4, 0.5) is 5.69 Å². The van der Waals surface area contributed by atoms with Gasteiger partial charge in [0.05, 0.1) is 6.54 Å². The Morgan fingerprint density at radius 1 is 1.04 bits per heavy atom. The summed E-state index contributed by atoms with van der Waals surface area (Å²) in [5, 5.41) is 8.81. The number of carbonyl (C=O) groups is 1. The summed E-state index contributed by atoms with van der Waals surface area (Å²) in [7, 11) is 1.95. The second-order valence-corrected chi connectivity index (χ2v) is 7.27. The van der Waals surface area contributed by atoms with Gasteiger partial charge in [0, 0.05) is 24.8 Å². The minimum Gasteiger partial charge on any atom is -0.365 e. The molecule has 2 N–H and O–H groups in total. The van der Waals surface area contributed by atoms with Crippen molar-refractivity contribution in [2.45, 2.75) is 32.7 Å². The fourth-order valence-corrected chi connectivity index (χ4v) is 2.56. The van der Waals surface area contributed by atoms with Gasteiger partial charge in [-0.05, 0) is 56.6 Å². The normalized spacial score (nSPS) is 11.5. The molecule has 4 heteroatoms. The van der Waals surface area contributed by atoms with Crippen LogP contribution in [-0.4, -0.2) is 38.1 Å². The molecule has 0 aliphatic heterocycles. The number of hydrogen-bond donors (Lipinski definition) is 2. The van der Waals surface area contributed by atoms with Gasteiger partial charge in [-0.15, -0.1) is 0 Å². The fraction of sp³-hybridized carbons (Fsp3) is 0.450. The van der Waals surface area contributed by atoms with E-state index in [1.807, 2.05) is 24.1 Å². The van der Waals surface area contributed by atoms with Gasteiger partial charge in [-0.3, -0.25) is 4.79 Å². The van der Waals surface area contributed by atoms with Gasteiger partial charge in [0.15, 0.2) is 0 Å². The zero-order chi connectivity index (χ0) is 17.6. The zero-order valence-electron chi connectivity index (χ0n) is 15.2. The highest BCUT2D eigenvalue weighted by Gasteiger charge is 2.09. The van der Waals surface area contributed by atoms with E-state index in [-0.39, 0.29) is 11.4 Å². The Labute approximate surface area is 145 Å². The van der Waals surface area contributed by atoms with Gasteiger partial charge < -0.3 is 15.5 Å². The van der Waals surface area contributed by atoms with Crippen LogP contribution < -0.4 is 15.5 Å². The van der Waals surface area contributed by atoms with Crippen molar-refractivity contribution >= 4 is 22.4 Å². The monoisotopic (exact) mass is 327 g/mol. The van der Waals surface area contributed by atoms with Gasteiger partial charge in [0.25, 0.3) is 0 Å². The van der Waals surface area contributed by atoms with E-state index in [4.69, 9.17) is 0 Å². The lowest BCUT2D eigenvalue weighted by atomic mass is 10.1. The largest absolute Gasteiger partial charge is 0.365 e. The Hall–Kier alpha value is -2.07. The molecule has 0 saturated carbocycles. The first kappa shape index (κ1) is 18.3. The number of likely N-dealkylation sites (N-methyl/N-ethyl adjacent to an activating group) is 1. The first-order valence-corrected chi connectivity index (χ1v) is 8.57. The summed E-state index contributed by atoms with van der Waals surface area (Å²) in [4.78, 5) is 14.1. The average Bonchev–Trinajstić information content (AvgIpc) is 2.53. The lowest BCUT2D eigenvalue weighted by Gasteiger charge is -2.21. The number of nitrogens with zero attached hydrogens (tertiary/aromatic N) is 1. The average molecular weight is 327 g/mol. The Kier molecular flexibility index (Phi) is 6.21. The van der Waals surface area contributed by atoms with E-state index in [1.54, 1.807) is 0 Å². The van der Waals surface area contributed by atoms with Crippen molar-refractivity contribution in [1.29, 1.82) is 0 Å². The van der Waals surface area contributed by atoms with Crippen LogP contribution in [-0.2, 0) is 4.79 Å². The van der Waals surface area contributed by atoms with Crippen molar-refractivity contribution in [2.75, 3.05) is 31.6 Å². The Morgan fingerprint density at radius 2 is 1.75 bits per heavy atom. The van der Waals surface area contributed by atoms with Crippen LogP contribution in [0.5, 0.6) is 0 Å². The van der Waals surface area contributed by atoms with Crippen molar-refractivity contribution < 1.29 is 4.79 Å². The first-order chi connectivity index (χ1) is 11.3. The predicted octanol–water partition coefficient (Wildman–Crippen LogP) is 3.17. The minimum absolute atomic E-state index is 0.0569. The first-order valence-electron chi connectivity index (χ1n) is 8.57. The Balaban J connectivity index is 1.78. The van der Waals surface area contributed by atoms with E-state index < -0.39 is 0 Å². The molecule has 0 saturated heterocycles. The van der Waals surface area contributed by atoms with Crippen LogP contribution in [0.1, 0.15) is 27.2 Å². The maximum atomic E-state index is 12.1. The van der Waals surface area contributed by atoms with Gasteiger partial charge >= 0.3 is 0 Å². The molecule has 0 radical (unpaired) electrons. The quantitative estimate of drug-likeness (QED) is 0.768. The second kappa shape index (κ2) is 8.15. The second-order valence-electron chi connectivity index (χ2n) is 7.27. The zero-order valence-corrected chi connectivity index (χ0v) is 15.2. The van der Waals surface area contributed by atoms with Crippen LogP contribution in [0.15, 0.2) is 42.5 Å². The maximum Gasteiger partial charge on any atom is 0.239 e. The molecule has 0 fully saturated rings. The Bertz CT molecular complexity index is 676. The summed E-state index contributed by atoms with van der Waals surface area (Å²) in [5.41, 5.74) is 1.18. The molecular formula is C20H29N3O. The third kappa shape index (κ3) is 5.85. The summed E-state index contributed by atoms with van der Waals surface area (Å²) in [5.74, 6) is 0.0569. The van der Waals surface area contributed by atoms with Gasteiger partial charge in [0.2, 0.25) is 5.91 Å². The molecule has 2 rings (SSSR count). The third-order valence-corrected chi connectivity index (χ3v) is 3.89. The molecule has 0 aliphatic carbocycles. The van der Waals surface area contributed by atoms with Gasteiger partial charge in [-0.25, -0.2) is 0 Å². The number of anilines is 1. The molecule has 0 spiro atoms. The molecule has 0 heterocycles. The summed E-state index contributed by atoms with van der Waals surface area (Å²) < 4.78 is 0. The number of fused-ring (bicyclic) bond motifs is 1. The molecular weight excluding hydrogens is 298 g/mol. The van der Waals surface area contributed by atoms with Gasteiger partial charge in [0.1, 0.15) is 0 Å². The molecule has 130 valence electrons. The number of hydrogen-bond acceptors (Lipinski definition) is 3. The molecule has 0 bridgehead atoms. The summed E-state index contributed by atoms with van der Waals surface area (Å²) >= 11 is 0. The topological polar surface area (TPSA) is 44.4 Å². The summed E-state index contributed by atoms with van der Waals surface area (Å²) in [6.45, 7) is 8.40. The smallest absolute Gasteiger partial charge is 0.239 e. The van der Waals surface area contributed by atoms with Crippen LogP contribution in [0.3, 0.4) is 0 Å². The van der Waals surface area contributed by atoms with Gasteiger partial charge in [-0.1, -0.05) is 30.3 Å². The molecule has 0 atom stereocenters. The van der Waals surface area contributed by atoms with E-state index in [1.165, 1.54) is 10.8 Å². The number of amides is 1. The molecule has 1 amide bonds. The highest BCUT2D eigenvalue weighted by atomic mass is 16.2.